The van der Waals surface area contributed by atoms with Crippen molar-refractivity contribution in [2.75, 3.05) is 39.6 Å². The van der Waals surface area contributed by atoms with E-state index in [0.29, 0.717) is 25.7 Å². The molecule has 0 aliphatic heterocycles. The second-order valence-electron chi connectivity index (χ2n) is 25.5. The molecule has 5 unspecified atom stereocenters. The number of ether oxygens (including phenoxy) is 4. The Bertz CT molecular complexity index is 2640. The van der Waals surface area contributed by atoms with Crippen molar-refractivity contribution in [3.8, 4) is 0 Å². The van der Waals surface area contributed by atoms with Gasteiger partial charge in [-0.25, -0.2) is 9.13 Å². The molecule has 0 fully saturated rings. The van der Waals surface area contributed by atoms with E-state index in [-0.39, 0.29) is 25.7 Å². The van der Waals surface area contributed by atoms with Crippen molar-refractivity contribution in [2.45, 2.75) is 303 Å². The molecule has 0 aromatic heterocycles. The van der Waals surface area contributed by atoms with Gasteiger partial charge in [0.25, 0.3) is 0 Å². The first-order valence-electron chi connectivity index (χ1n) is 39.4. The van der Waals surface area contributed by atoms with Gasteiger partial charge in [0.15, 0.2) is 12.2 Å². The summed E-state index contributed by atoms with van der Waals surface area (Å²) in [5, 5.41) is 10.6. The number of phosphoric ester groups is 2. The Hall–Kier alpha value is -5.58. The minimum atomic E-state index is -5.01. The maximum atomic E-state index is 13.1. The van der Waals surface area contributed by atoms with E-state index in [4.69, 9.17) is 37.0 Å². The molecule has 19 heteroatoms. The molecule has 0 bridgehead atoms. The number of rotatable bonds is 72. The van der Waals surface area contributed by atoms with E-state index in [1.807, 2.05) is 18.2 Å². The lowest BCUT2D eigenvalue weighted by Gasteiger charge is -2.21. The van der Waals surface area contributed by atoms with Gasteiger partial charge in [0.05, 0.1) is 32.8 Å². The van der Waals surface area contributed by atoms with Crippen molar-refractivity contribution in [1.29, 1.82) is 0 Å². The number of unbranched alkanes of at least 4 members (excludes halogenated alkanes) is 19. The summed E-state index contributed by atoms with van der Waals surface area (Å²) >= 11 is 0. The van der Waals surface area contributed by atoms with Crippen LogP contribution in [0.3, 0.4) is 0 Å². The molecule has 590 valence electrons. The number of hydrogen-bond donors (Lipinski definition) is 3. The zero-order chi connectivity index (χ0) is 76.0. The van der Waals surface area contributed by atoms with Crippen molar-refractivity contribution in [2.24, 2.45) is 0 Å². The predicted molar refractivity (Wildman–Crippen MR) is 426 cm³/mol. The molecular formula is C85H138O17P2. The number of carbonyl (C=O) groups excluding carboxylic acids is 4. The summed E-state index contributed by atoms with van der Waals surface area (Å²) in [6, 6.07) is 0. The number of esters is 4. The normalized spacial score (nSPS) is 14.8. The minimum absolute atomic E-state index is 0.0536. The van der Waals surface area contributed by atoms with Gasteiger partial charge >= 0.3 is 39.5 Å². The van der Waals surface area contributed by atoms with Gasteiger partial charge in [-0.1, -0.05) is 275 Å². The Morgan fingerprint density at radius 3 is 0.856 bits per heavy atom. The summed E-state index contributed by atoms with van der Waals surface area (Å²) in [5.74, 6) is -2.38. The van der Waals surface area contributed by atoms with E-state index in [1.54, 1.807) is 6.08 Å². The number of aliphatic hydroxyl groups excluding tert-OH is 1. The van der Waals surface area contributed by atoms with Crippen LogP contribution in [0.25, 0.3) is 0 Å². The zero-order valence-electron chi connectivity index (χ0n) is 64.4. The molecule has 17 nitrogen and oxygen atoms in total. The van der Waals surface area contributed by atoms with Crippen LogP contribution in [0.15, 0.2) is 170 Å². The molecule has 0 aliphatic carbocycles. The van der Waals surface area contributed by atoms with Gasteiger partial charge in [0.1, 0.15) is 19.3 Å². The number of phosphoric acid groups is 2. The van der Waals surface area contributed by atoms with E-state index >= 15 is 0 Å². The smallest absolute Gasteiger partial charge is 0.462 e. The molecule has 0 heterocycles. The first kappa shape index (κ1) is 98.4. The second kappa shape index (κ2) is 75.6. The van der Waals surface area contributed by atoms with E-state index < -0.39 is 97.5 Å². The van der Waals surface area contributed by atoms with Crippen LogP contribution in [-0.4, -0.2) is 96.7 Å². The molecule has 104 heavy (non-hydrogen) atoms. The SMILES string of the molecule is CC/C=C\C/C=C\C/C=C\C/C=C\C/C=C\CC(=O)OCC(COP(=O)(O)OCC(O)COP(=O)(O)OCC(COC(=O)CCCCCCCC/C=C\C/C=C\C/C=C\C/C=C\CC)OC(=O)CCCCCCC/C=C\C/C=C\C/C=C\CC)OC(=O)CCCCCCC/C=C\C/C=C\CCCCC. The Labute approximate surface area is 629 Å². The summed E-state index contributed by atoms with van der Waals surface area (Å²) in [6.07, 6.45) is 89.3. The van der Waals surface area contributed by atoms with Crippen molar-refractivity contribution < 1.29 is 80.2 Å². The molecule has 0 aliphatic rings. The topological polar surface area (TPSA) is 237 Å². The Kier molecular flexibility index (Phi) is 71.6. The maximum absolute atomic E-state index is 13.1. The molecule has 0 radical (unpaired) electrons. The summed E-state index contributed by atoms with van der Waals surface area (Å²) < 4.78 is 68.4. The predicted octanol–water partition coefficient (Wildman–Crippen LogP) is 23.0. The lowest BCUT2D eigenvalue weighted by Crippen LogP contribution is -2.30. The van der Waals surface area contributed by atoms with Gasteiger partial charge in [0, 0.05) is 19.3 Å². The number of hydrogen-bond acceptors (Lipinski definition) is 15. The zero-order valence-corrected chi connectivity index (χ0v) is 66.2. The minimum Gasteiger partial charge on any atom is -0.462 e. The van der Waals surface area contributed by atoms with E-state index in [1.165, 1.54) is 19.3 Å². The van der Waals surface area contributed by atoms with Crippen molar-refractivity contribution >= 4 is 39.5 Å². The third kappa shape index (κ3) is 74.7. The highest BCUT2D eigenvalue weighted by Gasteiger charge is 2.30. The molecule has 5 atom stereocenters. The Morgan fingerprint density at radius 2 is 0.538 bits per heavy atom. The van der Waals surface area contributed by atoms with Crippen molar-refractivity contribution in [3.63, 3.8) is 0 Å². The molecule has 0 saturated carbocycles. The molecule has 0 aromatic carbocycles. The molecule has 0 spiro atoms. The van der Waals surface area contributed by atoms with Crippen LogP contribution in [0.2, 0.25) is 0 Å². The molecule has 0 saturated heterocycles. The van der Waals surface area contributed by atoms with E-state index in [2.05, 4.69) is 174 Å². The largest absolute Gasteiger partial charge is 0.472 e. The standard InChI is InChI=1S/C85H138O17P2/c1-5-9-13-17-21-25-29-33-37-38-39-40-44-46-50-54-58-62-66-70-83(88)96-76-81(102-85(90)72-68-64-60-56-52-48-43-36-32-28-24-20-16-12-8-4)78-100-104(93,94)98-74-79(86)73-97-103(91,92)99-77-80(101-84(89)71-67-63-59-55-51-47-42-35-31-27-23-19-15-11-7-3)75-95-82(87)69-65-61-57-53-49-45-41-34-30-26-22-18-14-10-6-2/h9-10,12-14,16,21-28,33-37,39-43,49,53,61,65,79-81,86H,5-8,11,15,17-20,29-32,38,44-48,50-52,54-60,62-64,66-78H2,1-4H3,(H,91,92)(H,93,94)/b13-9-,14-10-,16-12-,25-21-,26-22-,27-23-,28-24-,37-33-,40-39-,41-34-,42-35-,43-36-,53-49-,65-61-. The average Bonchev–Trinajstić information content (AvgIpc) is 0.912. The van der Waals surface area contributed by atoms with Crippen LogP contribution >= 0.6 is 15.6 Å². The summed E-state index contributed by atoms with van der Waals surface area (Å²) in [4.78, 5) is 72.9. The van der Waals surface area contributed by atoms with Gasteiger partial charge in [0.2, 0.25) is 0 Å². The fraction of sp³-hybridized carbons (Fsp3) is 0.624. The highest BCUT2D eigenvalue weighted by atomic mass is 31.2. The number of allylic oxidation sites excluding steroid dienone is 27. The fourth-order valence-electron chi connectivity index (χ4n) is 9.80. The third-order valence-electron chi connectivity index (χ3n) is 15.7. The molecular weight excluding hydrogens is 1350 g/mol. The highest BCUT2D eigenvalue weighted by Crippen LogP contribution is 2.45. The molecule has 0 amide bonds. The lowest BCUT2D eigenvalue weighted by atomic mass is 10.1. The lowest BCUT2D eigenvalue weighted by molar-refractivity contribution is -0.161. The summed E-state index contributed by atoms with van der Waals surface area (Å²) in [5.41, 5.74) is 0. The average molecular weight is 1490 g/mol. The summed E-state index contributed by atoms with van der Waals surface area (Å²) in [6.45, 7) is 4.33. The van der Waals surface area contributed by atoms with Gasteiger partial charge in [-0.2, -0.15) is 0 Å². The Balaban J connectivity index is 5.47. The number of aliphatic hydroxyl groups is 1. The monoisotopic (exact) mass is 1490 g/mol. The molecule has 3 N–H and O–H groups in total. The van der Waals surface area contributed by atoms with Crippen LogP contribution in [0.4, 0.5) is 0 Å². The van der Waals surface area contributed by atoms with Crippen LogP contribution in [0.1, 0.15) is 285 Å². The molecule has 0 rings (SSSR count). The van der Waals surface area contributed by atoms with E-state index in [9.17, 15) is 43.2 Å². The quantitative estimate of drug-likeness (QED) is 0.0169. The van der Waals surface area contributed by atoms with Gasteiger partial charge in [-0.15, -0.1) is 0 Å². The van der Waals surface area contributed by atoms with Crippen LogP contribution in [0.5, 0.6) is 0 Å². The Morgan fingerprint density at radius 1 is 0.288 bits per heavy atom. The first-order valence-corrected chi connectivity index (χ1v) is 42.4. The van der Waals surface area contributed by atoms with Crippen LogP contribution in [0, 0.1) is 0 Å². The van der Waals surface area contributed by atoms with Gasteiger partial charge in [-0.3, -0.25) is 37.3 Å². The van der Waals surface area contributed by atoms with Gasteiger partial charge < -0.3 is 33.8 Å². The maximum Gasteiger partial charge on any atom is 0.472 e. The fourth-order valence-corrected chi connectivity index (χ4v) is 11.4. The summed E-state index contributed by atoms with van der Waals surface area (Å²) in [7, 11) is -10.0. The second-order valence-corrected chi connectivity index (χ2v) is 28.4. The van der Waals surface area contributed by atoms with Crippen molar-refractivity contribution in [3.05, 3.63) is 170 Å². The third-order valence-corrected chi connectivity index (χ3v) is 17.6. The van der Waals surface area contributed by atoms with E-state index in [0.717, 1.165) is 186 Å². The first-order chi connectivity index (χ1) is 50.7. The van der Waals surface area contributed by atoms with Gasteiger partial charge in [-0.05, 0) is 154 Å². The van der Waals surface area contributed by atoms with Crippen LogP contribution in [-0.2, 0) is 65.4 Å². The van der Waals surface area contributed by atoms with Crippen LogP contribution < -0.4 is 0 Å². The molecule has 0 aromatic rings. The highest BCUT2D eigenvalue weighted by molar-refractivity contribution is 7.47. The number of carbonyl (C=O) groups is 4. The van der Waals surface area contributed by atoms with Crippen molar-refractivity contribution in [1.82, 2.24) is 0 Å².